The number of carbonyl (C=O) groups excluding carboxylic acids is 4. The number of ether oxygens (including phenoxy) is 3. The Bertz CT molecular complexity index is 1280. The van der Waals surface area contributed by atoms with Crippen molar-refractivity contribution in [2.75, 3.05) is 33.4 Å². The van der Waals surface area contributed by atoms with Crippen molar-refractivity contribution in [3.8, 4) is 11.5 Å². The Kier molecular flexibility index (Phi) is 8.55. The third-order valence-electron chi connectivity index (χ3n) is 5.87. The molecule has 0 bridgehead atoms. The number of amides is 3. The van der Waals surface area contributed by atoms with Crippen LogP contribution in [-0.4, -0.2) is 66.2 Å². The summed E-state index contributed by atoms with van der Waals surface area (Å²) in [6.07, 6.45) is 2.29. The molecule has 0 spiro atoms. The second-order valence-corrected chi connectivity index (χ2v) is 10.1. The molecule has 0 aromatic heterocycles. The van der Waals surface area contributed by atoms with E-state index in [2.05, 4.69) is 15.9 Å². The van der Waals surface area contributed by atoms with Gasteiger partial charge in [0.25, 0.3) is 11.1 Å². The van der Waals surface area contributed by atoms with Gasteiger partial charge in [0.1, 0.15) is 6.54 Å². The van der Waals surface area contributed by atoms with Crippen LogP contribution in [0.1, 0.15) is 23.6 Å². The Hall–Kier alpha value is -3.31. The van der Waals surface area contributed by atoms with E-state index >= 15 is 0 Å². The van der Waals surface area contributed by atoms with Crippen LogP contribution in [0.25, 0.3) is 6.08 Å². The molecule has 2 heterocycles. The molecule has 2 aliphatic rings. The van der Waals surface area contributed by atoms with E-state index in [4.69, 9.17) is 14.2 Å². The van der Waals surface area contributed by atoms with Crippen molar-refractivity contribution in [1.29, 1.82) is 0 Å². The minimum absolute atomic E-state index is 0.185. The average molecular weight is 589 g/mol. The molecule has 194 valence electrons. The first-order valence-electron chi connectivity index (χ1n) is 11.6. The smallest absolute Gasteiger partial charge is 0.344 e. The summed E-state index contributed by atoms with van der Waals surface area (Å²) in [6.45, 7) is 2.35. The van der Waals surface area contributed by atoms with E-state index in [1.807, 2.05) is 24.3 Å². The summed E-state index contributed by atoms with van der Waals surface area (Å²) in [5.41, 5.74) is 2.84. The maximum absolute atomic E-state index is 13.0. The van der Waals surface area contributed by atoms with Gasteiger partial charge in [-0.1, -0.05) is 40.2 Å². The molecule has 0 aliphatic carbocycles. The fourth-order valence-corrected chi connectivity index (χ4v) is 5.26. The van der Waals surface area contributed by atoms with Crippen LogP contribution in [0.5, 0.6) is 11.5 Å². The number of rotatable bonds is 8. The van der Waals surface area contributed by atoms with E-state index < -0.39 is 17.1 Å². The van der Waals surface area contributed by atoms with Gasteiger partial charge < -0.3 is 19.1 Å². The van der Waals surface area contributed by atoms with E-state index in [-0.39, 0.29) is 30.6 Å². The Morgan fingerprint density at radius 2 is 1.89 bits per heavy atom. The summed E-state index contributed by atoms with van der Waals surface area (Å²) in [5.74, 6) is -0.681. The van der Waals surface area contributed by atoms with Gasteiger partial charge in [0, 0.05) is 17.6 Å². The van der Waals surface area contributed by atoms with Crippen molar-refractivity contribution in [1.82, 2.24) is 9.80 Å². The number of carbonyl (C=O) groups is 4. The summed E-state index contributed by atoms with van der Waals surface area (Å²) in [7, 11) is 1.45. The zero-order valence-electron chi connectivity index (χ0n) is 20.3. The zero-order valence-corrected chi connectivity index (χ0v) is 22.7. The van der Waals surface area contributed by atoms with Gasteiger partial charge in [0.05, 0.1) is 18.6 Å². The standard InChI is InChI=1S/C26H25BrN2O7S/c1-3-35-24(31)15-36-21-12-19(27)18(10-20(21)34-2)11-22-25(32)29(26(33)37-22)14-23(30)28-9-8-16-6-4-5-7-17(16)13-28/h4-7,10-12H,3,8-9,13-15H2,1-2H3/b22-11-. The Morgan fingerprint density at radius 3 is 2.62 bits per heavy atom. The van der Waals surface area contributed by atoms with Crippen molar-refractivity contribution in [3.05, 3.63) is 62.5 Å². The first kappa shape index (κ1) is 26.7. The highest BCUT2D eigenvalue weighted by atomic mass is 79.9. The summed E-state index contributed by atoms with van der Waals surface area (Å²) >= 11 is 4.21. The molecule has 2 aliphatic heterocycles. The first-order valence-corrected chi connectivity index (χ1v) is 13.2. The second kappa shape index (κ2) is 11.8. The van der Waals surface area contributed by atoms with Crippen LogP contribution in [0.15, 0.2) is 45.8 Å². The zero-order chi connectivity index (χ0) is 26.5. The highest BCUT2D eigenvalue weighted by Gasteiger charge is 2.37. The Balaban J connectivity index is 1.46. The fourth-order valence-electron chi connectivity index (χ4n) is 3.99. The maximum Gasteiger partial charge on any atom is 0.344 e. The van der Waals surface area contributed by atoms with Gasteiger partial charge in [0.2, 0.25) is 5.91 Å². The van der Waals surface area contributed by atoms with Gasteiger partial charge in [0.15, 0.2) is 18.1 Å². The third-order valence-corrected chi connectivity index (χ3v) is 7.46. The normalized spacial score (nSPS) is 16.1. The van der Waals surface area contributed by atoms with E-state index in [9.17, 15) is 19.2 Å². The van der Waals surface area contributed by atoms with Crippen LogP contribution in [0, 0.1) is 0 Å². The van der Waals surface area contributed by atoms with Gasteiger partial charge >= 0.3 is 5.97 Å². The number of esters is 1. The summed E-state index contributed by atoms with van der Waals surface area (Å²) in [6, 6.07) is 11.2. The summed E-state index contributed by atoms with van der Waals surface area (Å²) in [5, 5.41) is -0.500. The van der Waals surface area contributed by atoms with Crippen LogP contribution in [0.2, 0.25) is 0 Å². The number of fused-ring (bicyclic) bond motifs is 1. The molecule has 0 unspecified atom stereocenters. The van der Waals surface area contributed by atoms with Gasteiger partial charge in [-0.2, -0.15) is 0 Å². The minimum Gasteiger partial charge on any atom is -0.493 e. The Morgan fingerprint density at radius 1 is 1.14 bits per heavy atom. The van der Waals surface area contributed by atoms with E-state index in [0.717, 1.165) is 28.6 Å². The van der Waals surface area contributed by atoms with Crippen LogP contribution in [-0.2, 0) is 32.1 Å². The average Bonchev–Trinajstić information content (AvgIpc) is 3.15. The maximum atomic E-state index is 13.0. The summed E-state index contributed by atoms with van der Waals surface area (Å²) in [4.78, 5) is 53.0. The van der Waals surface area contributed by atoms with E-state index in [0.29, 0.717) is 34.6 Å². The molecule has 0 saturated carbocycles. The van der Waals surface area contributed by atoms with Crippen molar-refractivity contribution >= 4 is 56.8 Å². The molecule has 0 radical (unpaired) electrons. The molecule has 9 nitrogen and oxygen atoms in total. The first-order chi connectivity index (χ1) is 17.8. The Labute approximate surface area is 226 Å². The van der Waals surface area contributed by atoms with E-state index in [1.165, 1.54) is 12.7 Å². The number of methoxy groups -OCH3 is 1. The minimum atomic E-state index is -0.533. The molecule has 4 rings (SSSR count). The van der Waals surface area contributed by atoms with Crippen molar-refractivity contribution in [2.45, 2.75) is 19.9 Å². The highest BCUT2D eigenvalue weighted by molar-refractivity contribution is 9.10. The number of benzene rings is 2. The third kappa shape index (κ3) is 6.16. The molecule has 2 aromatic rings. The predicted octanol–water partition coefficient (Wildman–Crippen LogP) is 4.02. The molecule has 0 N–H and O–H groups in total. The van der Waals surface area contributed by atoms with Crippen molar-refractivity contribution in [2.24, 2.45) is 0 Å². The van der Waals surface area contributed by atoms with Crippen LogP contribution in [0.4, 0.5) is 4.79 Å². The molecule has 11 heteroatoms. The predicted molar refractivity (Wildman–Crippen MR) is 141 cm³/mol. The highest BCUT2D eigenvalue weighted by Crippen LogP contribution is 2.38. The number of thioether (sulfide) groups is 1. The van der Waals surface area contributed by atoms with Crippen molar-refractivity contribution in [3.63, 3.8) is 0 Å². The lowest BCUT2D eigenvalue weighted by Gasteiger charge is -2.29. The number of hydrogen-bond donors (Lipinski definition) is 0. The quantitative estimate of drug-likeness (QED) is 0.336. The molecule has 3 amide bonds. The second-order valence-electron chi connectivity index (χ2n) is 8.22. The lowest BCUT2D eigenvalue weighted by Crippen LogP contribution is -2.44. The molecule has 1 fully saturated rings. The monoisotopic (exact) mass is 588 g/mol. The largest absolute Gasteiger partial charge is 0.493 e. The van der Waals surface area contributed by atoms with Crippen molar-refractivity contribution < 1.29 is 33.4 Å². The van der Waals surface area contributed by atoms with Crippen LogP contribution < -0.4 is 9.47 Å². The SMILES string of the molecule is CCOC(=O)COc1cc(Br)c(/C=C2\SC(=O)N(CC(=O)N3CCc4ccccc4C3)C2=O)cc1OC. The topological polar surface area (TPSA) is 102 Å². The lowest BCUT2D eigenvalue weighted by molar-refractivity contribution is -0.145. The lowest BCUT2D eigenvalue weighted by atomic mass is 10.00. The van der Waals surface area contributed by atoms with Gasteiger partial charge in [-0.3, -0.25) is 19.3 Å². The van der Waals surface area contributed by atoms with Gasteiger partial charge in [-0.25, -0.2) is 4.79 Å². The van der Waals surface area contributed by atoms with Gasteiger partial charge in [-0.15, -0.1) is 0 Å². The molecular formula is C26H25BrN2O7S. The molecule has 0 atom stereocenters. The molecular weight excluding hydrogens is 564 g/mol. The fraction of sp³-hybridized carbons (Fsp3) is 0.308. The number of nitrogens with zero attached hydrogens (tertiary/aromatic N) is 2. The number of imide groups is 1. The van der Waals surface area contributed by atoms with Crippen LogP contribution in [0.3, 0.4) is 0 Å². The summed E-state index contributed by atoms with van der Waals surface area (Å²) < 4.78 is 16.3. The molecule has 1 saturated heterocycles. The van der Waals surface area contributed by atoms with Gasteiger partial charge in [-0.05, 0) is 60.0 Å². The van der Waals surface area contributed by atoms with Crippen LogP contribution >= 0.6 is 27.7 Å². The molecule has 2 aromatic carbocycles. The molecule has 37 heavy (non-hydrogen) atoms. The van der Waals surface area contributed by atoms with E-state index in [1.54, 1.807) is 30.0 Å². The number of hydrogen-bond acceptors (Lipinski definition) is 8. The number of halogens is 1.